The van der Waals surface area contributed by atoms with Crippen molar-refractivity contribution in [3.8, 4) is 11.5 Å². The molecule has 0 heterocycles. The van der Waals surface area contributed by atoms with Crippen LogP contribution >= 0.6 is 11.6 Å². The average molecular weight is 279 g/mol. The number of hydrogen-bond donors (Lipinski definition) is 1. The van der Waals surface area contributed by atoms with Crippen LogP contribution in [0.25, 0.3) is 0 Å². The number of nitrogen functional groups attached to an aromatic ring is 1. The summed E-state index contributed by atoms with van der Waals surface area (Å²) in [6.07, 6.45) is 0. The lowest BCUT2D eigenvalue weighted by molar-refractivity contribution is -0.384. The van der Waals surface area contributed by atoms with Gasteiger partial charge in [-0.3, -0.25) is 10.1 Å². The fraction of sp³-hybridized carbons (Fsp3) is 0.0769. The van der Waals surface area contributed by atoms with Crippen LogP contribution in [0.4, 0.5) is 11.4 Å². The Hall–Kier alpha value is -2.27. The van der Waals surface area contributed by atoms with Gasteiger partial charge in [-0.15, -0.1) is 0 Å². The van der Waals surface area contributed by atoms with Crippen LogP contribution in [0.15, 0.2) is 36.4 Å². The molecule has 0 fully saturated rings. The van der Waals surface area contributed by atoms with E-state index >= 15 is 0 Å². The van der Waals surface area contributed by atoms with Crippen LogP contribution in [0.2, 0.25) is 5.02 Å². The molecule has 2 aromatic rings. The van der Waals surface area contributed by atoms with Crippen LogP contribution in [0, 0.1) is 17.0 Å². The number of nitrogens with zero attached hydrogens (tertiary/aromatic N) is 1. The third-order valence-electron chi connectivity index (χ3n) is 2.51. The summed E-state index contributed by atoms with van der Waals surface area (Å²) in [6.45, 7) is 1.91. The Morgan fingerprint density at radius 3 is 2.58 bits per heavy atom. The van der Waals surface area contributed by atoms with Crippen LogP contribution in [0.1, 0.15) is 5.56 Å². The van der Waals surface area contributed by atoms with E-state index in [2.05, 4.69) is 0 Å². The summed E-state index contributed by atoms with van der Waals surface area (Å²) in [4.78, 5) is 10.1. The van der Waals surface area contributed by atoms with Crippen molar-refractivity contribution in [2.75, 3.05) is 5.73 Å². The first kappa shape index (κ1) is 13.2. The van der Waals surface area contributed by atoms with E-state index in [-0.39, 0.29) is 11.4 Å². The highest BCUT2D eigenvalue weighted by Gasteiger charge is 2.11. The molecule has 0 saturated heterocycles. The summed E-state index contributed by atoms with van der Waals surface area (Å²) >= 11 is 6.01. The zero-order chi connectivity index (χ0) is 14.0. The van der Waals surface area contributed by atoms with Crippen molar-refractivity contribution in [2.24, 2.45) is 0 Å². The van der Waals surface area contributed by atoms with Gasteiger partial charge in [0.2, 0.25) is 0 Å². The average Bonchev–Trinajstić information content (AvgIpc) is 2.36. The van der Waals surface area contributed by atoms with E-state index in [1.54, 1.807) is 12.1 Å². The molecule has 2 rings (SSSR count). The van der Waals surface area contributed by atoms with Gasteiger partial charge in [0.15, 0.2) is 5.75 Å². The van der Waals surface area contributed by atoms with Gasteiger partial charge in [0, 0.05) is 12.1 Å². The topological polar surface area (TPSA) is 78.4 Å². The van der Waals surface area contributed by atoms with E-state index in [1.165, 1.54) is 18.2 Å². The van der Waals surface area contributed by atoms with Crippen LogP contribution in [0.5, 0.6) is 11.5 Å². The summed E-state index contributed by atoms with van der Waals surface area (Å²) in [5.41, 5.74) is 6.81. The fourth-order valence-corrected chi connectivity index (χ4v) is 1.71. The van der Waals surface area contributed by atoms with Gasteiger partial charge in [-0.25, -0.2) is 0 Å². The van der Waals surface area contributed by atoms with E-state index < -0.39 is 4.92 Å². The number of non-ortho nitro benzene ring substituents is 1. The molecule has 5 nitrogen and oxygen atoms in total. The first-order valence-corrected chi connectivity index (χ1v) is 5.83. The Morgan fingerprint density at radius 1 is 1.21 bits per heavy atom. The molecule has 0 aliphatic carbocycles. The summed E-state index contributed by atoms with van der Waals surface area (Å²) in [5, 5.41) is 11.1. The minimum Gasteiger partial charge on any atom is -0.454 e. The van der Waals surface area contributed by atoms with Crippen molar-refractivity contribution in [1.82, 2.24) is 0 Å². The zero-order valence-electron chi connectivity index (χ0n) is 10.1. The number of aryl methyl sites for hydroxylation is 1. The van der Waals surface area contributed by atoms with Crippen molar-refractivity contribution in [1.29, 1.82) is 0 Å². The van der Waals surface area contributed by atoms with Crippen LogP contribution in [-0.4, -0.2) is 4.92 Å². The van der Waals surface area contributed by atoms with Gasteiger partial charge in [-0.2, -0.15) is 0 Å². The molecule has 19 heavy (non-hydrogen) atoms. The Labute approximate surface area is 114 Å². The third kappa shape index (κ3) is 2.95. The molecule has 0 spiro atoms. The predicted molar refractivity (Wildman–Crippen MR) is 73.8 cm³/mol. The number of ether oxygens (including phenoxy) is 1. The van der Waals surface area contributed by atoms with Gasteiger partial charge in [0.05, 0.1) is 15.6 Å². The van der Waals surface area contributed by atoms with Crippen molar-refractivity contribution >= 4 is 23.0 Å². The highest BCUT2D eigenvalue weighted by atomic mass is 35.5. The van der Waals surface area contributed by atoms with Crippen molar-refractivity contribution < 1.29 is 9.66 Å². The molecule has 98 valence electrons. The number of nitrogens with two attached hydrogens (primary N) is 1. The number of benzene rings is 2. The smallest absolute Gasteiger partial charge is 0.271 e. The Kier molecular flexibility index (Phi) is 3.57. The number of nitro benzene ring substituents is 1. The van der Waals surface area contributed by atoms with Gasteiger partial charge >= 0.3 is 0 Å². The fourth-order valence-electron chi connectivity index (χ4n) is 1.55. The SMILES string of the molecule is Cc1ccc(Cl)c(Oc2ccc([N+](=O)[O-])cc2N)c1. The standard InChI is InChI=1S/C13H11ClN2O3/c1-8-2-4-10(14)13(6-8)19-12-5-3-9(16(17)18)7-11(12)15/h2-7H,15H2,1H3. The largest absolute Gasteiger partial charge is 0.454 e. The monoisotopic (exact) mass is 278 g/mol. The number of nitro groups is 1. The van der Waals surface area contributed by atoms with Crippen LogP contribution in [0.3, 0.4) is 0 Å². The van der Waals surface area contributed by atoms with Crippen molar-refractivity contribution in [3.63, 3.8) is 0 Å². The maximum Gasteiger partial charge on any atom is 0.271 e. The number of hydrogen-bond acceptors (Lipinski definition) is 4. The van der Waals surface area contributed by atoms with E-state index in [0.29, 0.717) is 16.5 Å². The predicted octanol–water partition coefficient (Wildman–Crippen LogP) is 3.93. The molecule has 2 N–H and O–H groups in total. The van der Waals surface area contributed by atoms with Gasteiger partial charge in [-0.05, 0) is 30.7 Å². The second-order valence-corrected chi connectivity index (χ2v) is 4.42. The molecule has 0 saturated carbocycles. The first-order valence-electron chi connectivity index (χ1n) is 5.45. The normalized spacial score (nSPS) is 10.2. The van der Waals surface area contributed by atoms with Gasteiger partial charge in [0.25, 0.3) is 5.69 Å². The molecular formula is C13H11ClN2O3. The van der Waals surface area contributed by atoms with Crippen LogP contribution in [-0.2, 0) is 0 Å². The lowest BCUT2D eigenvalue weighted by atomic mass is 10.2. The molecule has 0 amide bonds. The number of halogens is 1. The minimum absolute atomic E-state index is 0.0832. The maximum absolute atomic E-state index is 10.6. The second kappa shape index (κ2) is 5.16. The van der Waals surface area contributed by atoms with E-state index in [9.17, 15) is 10.1 Å². The molecule has 0 radical (unpaired) electrons. The van der Waals surface area contributed by atoms with E-state index in [1.807, 2.05) is 13.0 Å². The minimum atomic E-state index is -0.514. The summed E-state index contributed by atoms with van der Waals surface area (Å²) in [7, 11) is 0. The molecule has 0 atom stereocenters. The number of anilines is 1. The molecular weight excluding hydrogens is 268 g/mol. The molecule has 2 aromatic carbocycles. The van der Waals surface area contributed by atoms with Gasteiger partial charge in [0.1, 0.15) is 5.75 Å². The Bertz CT molecular complexity index is 644. The zero-order valence-corrected chi connectivity index (χ0v) is 10.8. The van der Waals surface area contributed by atoms with Crippen molar-refractivity contribution in [3.05, 3.63) is 57.1 Å². The quantitative estimate of drug-likeness (QED) is 0.524. The maximum atomic E-state index is 10.6. The van der Waals surface area contributed by atoms with Gasteiger partial charge < -0.3 is 10.5 Å². The molecule has 0 aliphatic rings. The third-order valence-corrected chi connectivity index (χ3v) is 2.82. The summed E-state index contributed by atoms with van der Waals surface area (Å²) < 4.78 is 5.58. The van der Waals surface area contributed by atoms with Crippen molar-refractivity contribution in [2.45, 2.75) is 6.92 Å². The summed E-state index contributed by atoms with van der Waals surface area (Å²) in [6, 6.07) is 9.37. The van der Waals surface area contributed by atoms with E-state index in [4.69, 9.17) is 22.1 Å². The molecule has 0 aliphatic heterocycles. The highest BCUT2D eigenvalue weighted by Crippen LogP contribution is 2.34. The lowest BCUT2D eigenvalue weighted by Crippen LogP contribution is -1.95. The lowest BCUT2D eigenvalue weighted by Gasteiger charge is -2.10. The molecule has 0 bridgehead atoms. The Balaban J connectivity index is 2.33. The number of rotatable bonds is 3. The molecule has 6 heteroatoms. The Morgan fingerprint density at radius 2 is 1.95 bits per heavy atom. The first-order chi connectivity index (χ1) is 8.97. The van der Waals surface area contributed by atoms with E-state index in [0.717, 1.165) is 5.56 Å². The molecule has 0 unspecified atom stereocenters. The summed E-state index contributed by atoms with van der Waals surface area (Å²) in [5.74, 6) is 0.792. The second-order valence-electron chi connectivity index (χ2n) is 4.02. The van der Waals surface area contributed by atoms with Crippen LogP contribution < -0.4 is 10.5 Å². The van der Waals surface area contributed by atoms with Gasteiger partial charge in [-0.1, -0.05) is 17.7 Å². The highest BCUT2D eigenvalue weighted by molar-refractivity contribution is 6.32. The molecule has 0 aromatic heterocycles.